The van der Waals surface area contributed by atoms with Crippen molar-refractivity contribution in [1.29, 1.82) is 0 Å². The monoisotopic (exact) mass is 258 g/mol. The highest BCUT2D eigenvalue weighted by Gasteiger charge is 2.43. The fourth-order valence-electron chi connectivity index (χ4n) is 2.49. The smallest absolute Gasteiger partial charge is 0.534 e. The molecule has 5 heteroatoms. The van der Waals surface area contributed by atoms with Crippen molar-refractivity contribution in [2.24, 2.45) is 0 Å². The van der Waals surface area contributed by atoms with Crippen LogP contribution in [0.3, 0.4) is 0 Å². The van der Waals surface area contributed by atoms with Gasteiger partial charge in [-0.1, -0.05) is 6.58 Å². The second-order valence-corrected chi connectivity index (χ2v) is 5.67. The average molecular weight is 258 g/mol. The van der Waals surface area contributed by atoms with Gasteiger partial charge >= 0.3 is 7.12 Å². The average Bonchev–Trinajstić information content (AvgIpc) is 2.99. The molecule has 3 heterocycles. The van der Waals surface area contributed by atoms with Gasteiger partial charge in [0.05, 0.1) is 17.6 Å². The van der Waals surface area contributed by atoms with Crippen LogP contribution in [-0.4, -0.2) is 30.8 Å². The van der Waals surface area contributed by atoms with Crippen LogP contribution in [0.4, 0.5) is 5.69 Å². The lowest BCUT2D eigenvalue weighted by molar-refractivity contribution is 0.173. The van der Waals surface area contributed by atoms with Crippen LogP contribution >= 0.6 is 0 Å². The van der Waals surface area contributed by atoms with Crippen LogP contribution < -0.4 is 10.4 Å². The molecule has 2 fully saturated rings. The van der Waals surface area contributed by atoms with Gasteiger partial charge in [0.25, 0.3) is 0 Å². The Kier molecular flexibility index (Phi) is 3.01. The molecule has 0 bridgehead atoms. The van der Waals surface area contributed by atoms with Crippen molar-refractivity contribution in [2.45, 2.75) is 32.3 Å². The molecular formula is C14H19BN2O2. The van der Waals surface area contributed by atoms with E-state index in [0.29, 0.717) is 5.76 Å². The molecule has 1 aromatic heterocycles. The topological polar surface area (TPSA) is 34.6 Å². The molecule has 19 heavy (non-hydrogen) atoms. The van der Waals surface area contributed by atoms with E-state index < -0.39 is 12.7 Å². The van der Waals surface area contributed by atoms with Gasteiger partial charge in [-0.15, -0.1) is 0 Å². The SMILES string of the molecule is C=C1OB(c2cncc(N3CCCC3)c2)OC1(C)C. The molecule has 0 spiro atoms. The van der Waals surface area contributed by atoms with E-state index >= 15 is 0 Å². The fourth-order valence-corrected chi connectivity index (χ4v) is 2.49. The minimum absolute atomic E-state index is 0.391. The lowest BCUT2D eigenvalue weighted by Gasteiger charge is -2.18. The van der Waals surface area contributed by atoms with Crippen LogP contribution in [0.2, 0.25) is 0 Å². The highest BCUT2D eigenvalue weighted by Crippen LogP contribution is 2.29. The number of aromatic nitrogens is 1. The van der Waals surface area contributed by atoms with E-state index in [1.807, 2.05) is 20.0 Å². The maximum absolute atomic E-state index is 5.88. The van der Waals surface area contributed by atoms with E-state index in [1.54, 1.807) is 6.20 Å². The zero-order valence-corrected chi connectivity index (χ0v) is 11.6. The summed E-state index contributed by atoms with van der Waals surface area (Å²) in [5.41, 5.74) is 1.67. The van der Waals surface area contributed by atoms with Gasteiger partial charge < -0.3 is 14.2 Å². The first-order chi connectivity index (χ1) is 9.06. The molecule has 3 rings (SSSR count). The molecule has 0 N–H and O–H groups in total. The second kappa shape index (κ2) is 4.56. The van der Waals surface area contributed by atoms with Gasteiger partial charge in [0, 0.05) is 24.7 Å². The molecule has 0 aromatic carbocycles. The number of anilines is 1. The van der Waals surface area contributed by atoms with Gasteiger partial charge in [0.2, 0.25) is 0 Å². The normalized spacial score (nSPS) is 21.9. The Morgan fingerprint density at radius 3 is 2.68 bits per heavy atom. The zero-order valence-electron chi connectivity index (χ0n) is 11.6. The standard InChI is InChI=1S/C14H19BN2O2/c1-11-14(2,3)19-15(18-11)12-8-13(10-16-9-12)17-6-4-5-7-17/h8-10H,1,4-7H2,2-3H3. The number of rotatable bonds is 2. The van der Waals surface area contributed by atoms with Crippen LogP contribution in [0, 0.1) is 0 Å². The molecule has 0 radical (unpaired) electrons. The van der Waals surface area contributed by atoms with E-state index in [4.69, 9.17) is 9.31 Å². The lowest BCUT2D eigenvalue weighted by atomic mass is 9.80. The van der Waals surface area contributed by atoms with Crippen LogP contribution in [0.25, 0.3) is 0 Å². The summed E-state index contributed by atoms with van der Waals surface area (Å²) >= 11 is 0. The highest BCUT2D eigenvalue weighted by atomic mass is 16.7. The van der Waals surface area contributed by atoms with Crippen LogP contribution in [-0.2, 0) is 9.31 Å². The Bertz CT molecular complexity index is 498. The molecule has 2 aliphatic rings. The predicted octanol–water partition coefficient (Wildman–Crippen LogP) is 1.72. The van der Waals surface area contributed by atoms with Crippen molar-refractivity contribution in [3.63, 3.8) is 0 Å². The van der Waals surface area contributed by atoms with Gasteiger partial charge in [-0.3, -0.25) is 4.98 Å². The Morgan fingerprint density at radius 2 is 2.05 bits per heavy atom. The maximum Gasteiger partial charge on any atom is 0.565 e. The van der Waals surface area contributed by atoms with Gasteiger partial charge in [-0.05, 0) is 32.8 Å². The van der Waals surface area contributed by atoms with Crippen LogP contribution in [0.1, 0.15) is 26.7 Å². The van der Waals surface area contributed by atoms with Gasteiger partial charge in [0.1, 0.15) is 5.60 Å². The van der Waals surface area contributed by atoms with Gasteiger partial charge in [-0.2, -0.15) is 0 Å². The summed E-state index contributed by atoms with van der Waals surface area (Å²) in [6.07, 6.45) is 6.22. The summed E-state index contributed by atoms with van der Waals surface area (Å²) < 4.78 is 11.6. The molecule has 0 aliphatic carbocycles. The predicted molar refractivity (Wildman–Crippen MR) is 76.5 cm³/mol. The van der Waals surface area contributed by atoms with Crippen LogP contribution in [0.5, 0.6) is 0 Å². The minimum atomic E-state index is -0.436. The summed E-state index contributed by atoms with van der Waals surface area (Å²) in [4.78, 5) is 6.67. The molecule has 1 aromatic rings. The summed E-state index contributed by atoms with van der Waals surface area (Å²) in [6.45, 7) is 10.0. The Hall–Kier alpha value is -1.49. The maximum atomic E-state index is 5.88. The molecule has 0 amide bonds. The van der Waals surface area contributed by atoms with E-state index in [1.165, 1.54) is 12.8 Å². The number of nitrogens with zero attached hydrogens (tertiary/aromatic N) is 2. The van der Waals surface area contributed by atoms with Crippen molar-refractivity contribution < 1.29 is 9.31 Å². The molecule has 0 unspecified atom stereocenters. The summed E-state index contributed by atoms with van der Waals surface area (Å²) in [5.74, 6) is 0.670. The Morgan fingerprint density at radius 1 is 1.32 bits per heavy atom. The third-order valence-electron chi connectivity index (χ3n) is 3.81. The zero-order chi connectivity index (χ0) is 13.5. The molecule has 100 valence electrons. The summed E-state index contributed by atoms with van der Waals surface area (Å²) in [6, 6.07) is 2.11. The number of pyridine rings is 1. The third kappa shape index (κ3) is 2.35. The van der Waals surface area contributed by atoms with Crippen molar-refractivity contribution >= 4 is 18.3 Å². The number of hydrogen-bond donors (Lipinski definition) is 0. The lowest BCUT2D eigenvalue weighted by Crippen LogP contribution is -2.35. The molecule has 2 aliphatic heterocycles. The minimum Gasteiger partial charge on any atom is -0.534 e. The second-order valence-electron chi connectivity index (χ2n) is 5.67. The molecule has 2 saturated heterocycles. The van der Waals surface area contributed by atoms with E-state index in [9.17, 15) is 0 Å². The molecule has 0 atom stereocenters. The van der Waals surface area contributed by atoms with E-state index in [-0.39, 0.29) is 0 Å². The quantitative estimate of drug-likeness (QED) is 0.756. The molecular weight excluding hydrogens is 239 g/mol. The van der Waals surface area contributed by atoms with Crippen LogP contribution in [0.15, 0.2) is 30.8 Å². The van der Waals surface area contributed by atoms with Crippen molar-refractivity contribution in [3.8, 4) is 0 Å². The van der Waals surface area contributed by atoms with Gasteiger partial charge in [0.15, 0.2) is 0 Å². The third-order valence-corrected chi connectivity index (χ3v) is 3.81. The van der Waals surface area contributed by atoms with Crippen molar-refractivity contribution in [1.82, 2.24) is 4.98 Å². The van der Waals surface area contributed by atoms with Crippen molar-refractivity contribution in [2.75, 3.05) is 18.0 Å². The first-order valence-corrected chi connectivity index (χ1v) is 6.80. The molecule has 4 nitrogen and oxygen atoms in total. The Labute approximate surface area is 114 Å². The summed E-state index contributed by atoms with van der Waals surface area (Å²) in [5, 5.41) is 0. The first kappa shape index (κ1) is 12.5. The highest BCUT2D eigenvalue weighted by molar-refractivity contribution is 6.62. The van der Waals surface area contributed by atoms with E-state index in [0.717, 1.165) is 24.2 Å². The fraction of sp³-hybridized carbons (Fsp3) is 0.500. The summed E-state index contributed by atoms with van der Waals surface area (Å²) in [7, 11) is -0.391. The Balaban J connectivity index is 1.82. The largest absolute Gasteiger partial charge is 0.565 e. The van der Waals surface area contributed by atoms with Crippen molar-refractivity contribution in [3.05, 3.63) is 30.8 Å². The number of hydrogen-bond acceptors (Lipinski definition) is 4. The van der Waals surface area contributed by atoms with Gasteiger partial charge in [-0.25, -0.2) is 0 Å². The van der Waals surface area contributed by atoms with E-state index in [2.05, 4.69) is 22.5 Å². The molecule has 0 saturated carbocycles. The first-order valence-electron chi connectivity index (χ1n) is 6.80.